The van der Waals surface area contributed by atoms with Crippen LogP contribution in [-0.4, -0.2) is 29.7 Å². The summed E-state index contributed by atoms with van der Waals surface area (Å²) in [5, 5.41) is 2.97. The van der Waals surface area contributed by atoms with Crippen LogP contribution in [0.2, 0.25) is 0 Å². The van der Waals surface area contributed by atoms with Gasteiger partial charge in [-0.2, -0.15) is 0 Å². The Morgan fingerprint density at radius 2 is 1.81 bits per heavy atom. The SMILES string of the molecule is CC(=O)c1cccc(NC(=O)C2CCN(Cc3ccccc3C)CC2)c1. The predicted molar refractivity (Wildman–Crippen MR) is 104 cm³/mol. The molecule has 26 heavy (non-hydrogen) atoms. The van der Waals surface area contributed by atoms with E-state index in [0.717, 1.165) is 32.5 Å². The zero-order valence-corrected chi connectivity index (χ0v) is 15.5. The lowest BCUT2D eigenvalue weighted by atomic mass is 9.95. The van der Waals surface area contributed by atoms with Crippen LogP contribution in [-0.2, 0) is 11.3 Å². The van der Waals surface area contributed by atoms with Crippen LogP contribution in [0.3, 0.4) is 0 Å². The van der Waals surface area contributed by atoms with Gasteiger partial charge in [-0.05, 0) is 63.0 Å². The summed E-state index contributed by atoms with van der Waals surface area (Å²) < 4.78 is 0. The second-order valence-electron chi connectivity index (χ2n) is 7.10. The molecule has 1 saturated heterocycles. The summed E-state index contributed by atoms with van der Waals surface area (Å²) in [5.74, 6) is 0.0935. The second-order valence-corrected chi connectivity index (χ2v) is 7.10. The van der Waals surface area contributed by atoms with Crippen LogP contribution in [0.1, 0.15) is 41.3 Å². The van der Waals surface area contributed by atoms with Crippen LogP contribution in [0.4, 0.5) is 5.69 Å². The van der Waals surface area contributed by atoms with Crippen molar-refractivity contribution in [2.24, 2.45) is 5.92 Å². The summed E-state index contributed by atoms with van der Waals surface area (Å²) in [5.41, 5.74) is 4.00. The van der Waals surface area contributed by atoms with Gasteiger partial charge in [0.15, 0.2) is 5.78 Å². The number of carbonyl (C=O) groups excluding carboxylic acids is 2. The molecule has 1 aliphatic rings. The van der Waals surface area contributed by atoms with Gasteiger partial charge in [-0.15, -0.1) is 0 Å². The molecular formula is C22H26N2O2. The van der Waals surface area contributed by atoms with Gasteiger partial charge < -0.3 is 5.32 Å². The van der Waals surface area contributed by atoms with E-state index < -0.39 is 0 Å². The third-order valence-electron chi connectivity index (χ3n) is 5.15. The number of hydrogen-bond donors (Lipinski definition) is 1. The Bertz CT molecular complexity index is 792. The molecule has 2 aromatic rings. The number of aryl methyl sites for hydroxylation is 1. The minimum Gasteiger partial charge on any atom is -0.326 e. The van der Waals surface area contributed by atoms with Crippen molar-refractivity contribution in [3.05, 3.63) is 65.2 Å². The van der Waals surface area contributed by atoms with Gasteiger partial charge in [-0.1, -0.05) is 36.4 Å². The summed E-state index contributed by atoms with van der Waals surface area (Å²) in [6, 6.07) is 15.6. The lowest BCUT2D eigenvalue weighted by Gasteiger charge is -2.31. The highest BCUT2D eigenvalue weighted by Gasteiger charge is 2.25. The summed E-state index contributed by atoms with van der Waals surface area (Å²) in [7, 11) is 0. The van der Waals surface area contributed by atoms with Gasteiger partial charge >= 0.3 is 0 Å². The van der Waals surface area contributed by atoms with E-state index in [1.807, 2.05) is 6.07 Å². The fourth-order valence-electron chi connectivity index (χ4n) is 3.44. The van der Waals surface area contributed by atoms with Gasteiger partial charge in [0.2, 0.25) is 5.91 Å². The normalized spacial score (nSPS) is 15.6. The maximum absolute atomic E-state index is 12.6. The average Bonchev–Trinajstić information content (AvgIpc) is 2.64. The molecule has 4 nitrogen and oxygen atoms in total. The Balaban J connectivity index is 1.53. The van der Waals surface area contributed by atoms with Crippen molar-refractivity contribution >= 4 is 17.4 Å². The average molecular weight is 350 g/mol. The molecular weight excluding hydrogens is 324 g/mol. The molecule has 0 radical (unpaired) electrons. The van der Waals surface area contributed by atoms with Crippen molar-refractivity contribution in [2.45, 2.75) is 33.2 Å². The molecule has 0 spiro atoms. The van der Waals surface area contributed by atoms with Crippen molar-refractivity contribution in [1.82, 2.24) is 4.90 Å². The lowest BCUT2D eigenvalue weighted by molar-refractivity contribution is -0.121. The molecule has 1 amide bonds. The molecule has 0 aromatic heterocycles. The first-order chi connectivity index (χ1) is 12.5. The smallest absolute Gasteiger partial charge is 0.227 e. The molecule has 0 bridgehead atoms. The third-order valence-corrected chi connectivity index (χ3v) is 5.15. The molecule has 136 valence electrons. The maximum Gasteiger partial charge on any atom is 0.227 e. The Labute approximate surface area is 155 Å². The van der Waals surface area contributed by atoms with Crippen molar-refractivity contribution in [3.8, 4) is 0 Å². The largest absolute Gasteiger partial charge is 0.326 e. The molecule has 4 heteroatoms. The maximum atomic E-state index is 12.6. The summed E-state index contributed by atoms with van der Waals surface area (Å²) in [6.45, 7) is 6.48. The van der Waals surface area contributed by atoms with E-state index in [1.165, 1.54) is 18.1 Å². The van der Waals surface area contributed by atoms with Crippen LogP contribution in [0, 0.1) is 12.8 Å². The number of carbonyl (C=O) groups is 2. The number of amides is 1. The number of nitrogens with zero attached hydrogens (tertiary/aromatic N) is 1. The highest BCUT2D eigenvalue weighted by Crippen LogP contribution is 2.22. The molecule has 0 atom stereocenters. The highest BCUT2D eigenvalue weighted by molar-refractivity contribution is 5.97. The minimum atomic E-state index is 0.00520. The van der Waals surface area contributed by atoms with Gasteiger partial charge in [-0.3, -0.25) is 14.5 Å². The van der Waals surface area contributed by atoms with Gasteiger partial charge in [-0.25, -0.2) is 0 Å². The number of rotatable bonds is 5. The molecule has 1 fully saturated rings. The van der Waals surface area contributed by atoms with Crippen LogP contribution in [0.25, 0.3) is 0 Å². The van der Waals surface area contributed by atoms with Crippen LogP contribution in [0.15, 0.2) is 48.5 Å². The number of anilines is 1. The van der Waals surface area contributed by atoms with Gasteiger partial charge in [0.1, 0.15) is 0 Å². The summed E-state index contributed by atoms with van der Waals surface area (Å²) in [4.78, 5) is 26.4. The number of benzene rings is 2. The van der Waals surface area contributed by atoms with Crippen molar-refractivity contribution in [3.63, 3.8) is 0 Å². The fraction of sp³-hybridized carbons (Fsp3) is 0.364. The van der Waals surface area contributed by atoms with Crippen LogP contribution in [0.5, 0.6) is 0 Å². The van der Waals surface area contributed by atoms with E-state index in [4.69, 9.17) is 0 Å². The molecule has 1 N–H and O–H groups in total. The topological polar surface area (TPSA) is 49.4 Å². The fourth-order valence-corrected chi connectivity index (χ4v) is 3.44. The van der Waals surface area contributed by atoms with E-state index in [9.17, 15) is 9.59 Å². The molecule has 1 aliphatic heterocycles. The molecule has 0 saturated carbocycles. The monoisotopic (exact) mass is 350 g/mol. The second kappa shape index (κ2) is 8.28. The number of likely N-dealkylation sites (tertiary alicyclic amines) is 1. The first kappa shape index (κ1) is 18.3. The third kappa shape index (κ3) is 4.58. The number of hydrogen-bond acceptors (Lipinski definition) is 3. The van der Waals surface area contributed by atoms with Crippen molar-refractivity contribution in [2.75, 3.05) is 18.4 Å². The van der Waals surface area contributed by atoms with Gasteiger partial charge in [0.05, 0.1) is 0 Å². The molecule has 2 aromatic carbocycles. The van der Waals surface area contributed by atoms with Crippen LogP contribution >= 0.6 is 0 Å². The van der Waals surface area contributed by atoms with Gasteiger partial charge in [0, 0.05) is 23.7 Å². The first-order valence-corrected chi connectivity index (χ1v) is 9.21. The number of nitrogens with one attached hydrogen (secondary N) is 1. The van der Waals surface area contributed by atoms with Gasteiger partial charge in [0.25, 0.3) is 0 Å². The van der Waals surface area contributed by atoms with E-state index in [2.05, 4.69) is 41.4 Å². The first-order valence-electron chi connectivity index (χ1n) is 9.21. The zero-order chi connectivity index (χ0) is 18.5. The lowest BCUT2D eigenvalue weighted by Crippen LogP contribution is -2.37. The zero-order valence-electron chi connectivity index (χ0n) is 15.5. The molecule has 0 aliphatic carbocycles. The van der Waals surface area contributed by atoms with E-state index in [1.54, 1.807) is 18.2 Å². The summed E-state index contributed by atoms with van der Waals surface area (Å²) in [6.07, 6.45) is 1.73. The molecule has 0 unspecified atom stereocenters. The Morgan fingerprint density at radius 3 is 2.50 bits per heavy atom. The summed E-state index contributed by atoms with van der Waals surface area (Å²) >= 11 is 0. The number of ketones is 1. The predicted octanol–water partition coefficient (Wildman–Crippen LogP) is 4.05. The minimum absolute atomic E-state index is 0.00520. The quantitative estimate of drug-likeness (QED) is 0.828. The van der Waals surface area contributed by atoms with Crippen molar-refractivity contribution < 1.29 is 9.59 Å². The number of piperidine rings is 1. The molecule has 1 heterocycles. The van der Waals surface area contributed by atoms with E-state index in [0.29, 0.717) is 11.3 Å². The Hall–Kier alpha value is -2.46. The molecule has 3 rings (SSSR count). The highest BCUT2D eigenvalue weighted by atomic mass is 16.2. The van der Waals surface area contributed by atoms with E-state index in [-0.39, 0.29) is 17.6 Å². The van der Waals surface area contributed by atoms with Crippen molar-refractivity contribution in [1.29, 1.82) is 0 Å². The Kier molecular flexibility index (Phi) is 5.84. The Morgan fingerprint density at radius 1 is 1.08 bits per heavy atom. The van der Waals surface area contributed by atoms with E-state index >= 15 is 0 Å². The number of Topliss-reactive ketones (excluding diaryl/α,β-unsaturated/α-hetero) is 1. The standard InChI is InChI=1S/C22H26N2O2/c1-16-6-3-4-7-20(16)15-24-12-10-18(11-13-24)22(26)23-21-9-5-8-19(14-21)17(2)25/h3-9,14,18H,10-13,15H2,1-2H3,(H,23,26). The van der Waals surface area contributed by atoms with Crippen LogP contribution < -0.4 is 5.32 Å².